The third kappa shape index (κ3) is 3.65. The summed E-state index contributed by atoms with van der Waals surface area (Å²) in [6, 6.07) is 5.25. The van der Waals surface area contributed by atoms with Crippen molar-refractivity contribution >= 4 is 16.0 Å². The highest BCUT2D eigenvalue weighted by Gasteiger charge is 2.27. The maximum absolute atomic E-state index is 12.2. The smallest absolute Gasteiger partial charge is 0.302 e. The lowest BCUT2D eigenvalue weighted by Gasteiger charge is -2.30. The fourth-order valence-electron chi connectivity index (χ4n) is 2.18. The van der Waals surface area contributed by atoms with Crippen LogP contribution in [-0.2, 0) is 10.2 Å². The van der Waals surface area contributed by atoms with E-state index in [4.69, 9.17) is 5.73 Å². The van der Waals surface area contributed by atoms with Crippen molar-refractivity contribution in [3.05, 3.63) is 23.9 Å². The van der Waals surface area contributed by atoms with E-state index < -0.39 is 10.2 Å². The largest absolute Gasteiger partial charge is 0.330 e. The van der Waals surface area contributed by atoms with Gasteiger partial charge in [-0.1, -0.05) is 6.07 Å². The molecule has 0 aromatic carbocycles. The molecular formula is C12H20N4O2S. The summed E-state index contributed by atoms with van der Waals surface area (Å²) in [5.74, 6) is 0.796. The average Bonchev–Trinajstić information content (AvgIpc) is 2.38. The molecule has 0 aliphatic carbocycles. The van der Waals surface area contributed by atoms with Crippen molar-refractivity contribution in [3.8, 4) is 0 Å². The van der Waals surface area contributed by atoms with Gasteiger partial charge in [-0.2, -0.15) is 12.7 Å². The second kappa shape index (κ2) is 5.85. The second-order valence-corrected chi connectivity index (χ2v) is 6.52. The van der Waals surface area contributed by atoms with Gasteiger partial charge in [-0.05, 0) is 44.4 Å². The first-order chi connectivity index (χ1) is 9.01. The van der Waals surface area contributed by atoms with Crippen LogP contribution in [0.2, 0.25) is 0 Å². The molecule has 2 heterocycles. The third-order valence-corrected chi connectivity index (χ3v) is 4.88. The van der Waals surface area contributed by atoms with Crippen LogP contribution in [-0.4, -0.2) is 37.3 Å². The topological polar surface area (TPSA) is 88.3 Å². The minimum Gasteiger partial charge on any atom is -0.330 e. The molecule has 0 amide bonds. The Morgan fingerprint density at radius 1 is 1.42 bits per heavy atom. The molecule has 7 heteroatoms. The molecule has 0 radical (unpaired) electrons. The van der Waals surface area contributed by atoms with Crippen LogP contribution in [0.15, 0.2) is 18.2 Å². The maximum Gasteiger partial charge on any atom is 0.302 e. The molecule has 1 aliphatic heterocycles. The predicted molar refractivity (Wildman–Crippen MR) is 74.9 cm³/mol. The summed E-state index contributed by atoms with van der Waals surface area (Å²) in [6.45, 7) is 3.48. The minimum atomic E-state index is -3.50. The van der Waals surface area contributed by atoms with Gasteiger partial charge in [0.1, 0.15) is 5.82 Å². The van der Waals surface area contributed by atoms with E-state index in [1.165, 1.54) is 4.31 Å². The van der Waals surface area contributed by atoms with Crippen molar-refractivity contribution in [3.63, 3.8) is 0 Å². The number of piperidine rings is 1. The molecule has 1 aliphatic rings. The number of nitrogens with zero attached hydrogens (tertiary/aromatic N) is 2. The van der Waals surface area contributed by atoms with E-state index >= 15 is 0 Å². The normalized spacial score (nSPS) is 18.4. The number of aromatic nitrogens is 1. The number of hydrogen-bond acceptors (Lipinski definition) is 4. The van der Waals surface area contributed by atoms with Gasteiger partial charge in [0.2, 0.25) is 0 Å². The quantitative estimate of drug-likeness (QED) is 0.852. The number of pyridine rings is 1. The zero-order valence-electron chi connectivity index (χ0n) is 11.0. The molecule has 0 unspecified atom stereocenters. The minimum absolute atomic E-state index is 0.362. The molecule has 106 valence electrons. The summed E-state index contributed by atoms with van der Waals surface area (Å²) in [5.41, 5.74) is 6.38. The molecule has 6 nitrogen and oxygen atoms in total. The fourth-order valence-corrected chi connectivity index (χ4v) is 3.38. The van der Waals surface area contributed by atoms with E-state index in [0.717, 1.165) is 18.5 Å². The zero-order chi connectivity index (χ0) is 13.9. The first-order valence-corrected chi connectivity index (χ1v) is 7.87. The number of anilines is 1. The zero-order valence-corrected chi connectivity index (χ0v) is 11.9. The number of rotatable bonds is 4. The first-order valence-electron chi connectivity index (χ1n) is 6.43. The van der Waals surface area contributed by atoms with Crippen LogP contribution in [0.25, 0.3) is 0 Å². The maximum atomic E-state index is 12.2. The van der Waals surface area contributed by atoms with Crippen molar-refractivity contribution in [2.45, 2.75) is 19.8 Å². The summed E-state index contributed by atoms with van der Waals surface area (Å²) in [6.07, 6.45) is 1.64. The standard InChI is InChI=1S/C12H20N4O2S/c1-10-3-2-4-12(14-10)15-19(17,18)16-7-5-11(9-13)6-8-16/h2-4,11H,5-9,13H2,1H3,(H,14,15). The number of aryl methyl sites for hydroxylation is 1. The lowest BCUT2D eigenvalue weighted by atomic mass is 9.99. The lowest BCUT2D eigenvalue weighted by Crippen LogP contribution is -2.42. The van der Waals surface area contributed by atoms with E-state index in [1.54, 1.807) is 12.1 Å². The molecular weight excluding hydrogens is 264 g/mol. The van der Waals surface area contributed by atoms with Crippen molar-refractivity contribution in [2.75, 3.05) is 24.4 Å². The molecule has 0 atom stereocenters. The van der Waals surface area contributed by atoms with E-state index in [1.807, 2.05) is 13.0 Å². The monoisotopic (exact) mass is 284 g/mol. The molecule has 1 aromatic rings. The van der Waals surface area contributed by atoms with E-state index in [0.29, 0.717) is 31.4 Å². The van der Waals surface area contributed by atoms with Crippen LogP contribution in [0.4, 0.5) is 5.82 Å². The molecule has 0 saturated carbocycles. The van der Waals surface area contributed by atoms with Gasteiger partial charge in [0.15, 0.2) is 0 Å². The average molecular weight is 284 g/mol. The highest BCUT2D eigenvalue weighted by molar-refractivity contribution is 7.90. The molecule has 1 aromatic heterocycles. The van der Waals surface area contributed by atoms with Crippen LogP contribution in [0.3, 0.4) is 0 Å². The Morgan fingerprint density at radius 2 is 2.11 bits per heavy atom. The Labute approximate surface area is 114 Å². The van der Waals surface area contributed by atoms with E-state index in [2.05, 4.69) is 9.71 Å². The second-order valence-electron chi connectivity index (χ2n) is 4.85. The highest BCUT2D eigenvalue weighted by atomic mass is 32.2. The molecule has 0 bridgehead atoms. The summed E-state index contributed by atoms with van der Waals surface area (Å²) in [4.78, 5) is 4.15. The summed E-state index contributed by atoms with van der Waals surface area (Å²) in [5, 5.41) is 0. The number of hydrogen-bond donors (Lipinski definition) is 2. The van der Waals surface area contributed by atoms with Crippen LogP contribution >= 0.6 is 0 Å². The van der Waals surface area contributed by atoms with Crippen LogP contribution in [0.5, 0.6) is 0 Å². The van der Waals surface area contributed by atoms with Crippen LogP contribution < -0.4 is 10.5 Å². The summed E-state index contributed by atoms with van der Waals surface area (Å²) in [7, 11) is -3.50. The first kappa shape index (κ1) is 14.2. The number of nitrogens with one attached hydrogen (secondary N) is 1. The van der Waals surface area contributed by atoms with Crippen LogP contribution in [0, 0.1) is 12.8 Å². The lowest BCUT2D eigenvalue weighted by molar-refractivity contribution is 0.280. The van der Waals surface area contributed by atoms with Crippen LogP contribution in [0.1, 0.15) is 18.5 Å². The molecule has 3 N–H and O–H groups in total. The Hall–Kier alpha value is -1.18. The molecule has 19 heavy (non-hydrogen) atoms. The van der Waals surface area contributed by atoms with Gasteiger partial charge in [-0.15, -0.1) is 0 Å². The highest BCUT2D eigenvalue weighted by Crippen LogP contribution is 2.19. The van der Waals surface area contributed by atoms with Gasteiger partial charge < -0.3 is 5.73 Å². The Balaban J connectivity index is 2.03. The molecule has 1 fully saturated rings. The van der Waals surface area contributed by atoms with E-state index in [-0.39, 0.29) is 0 Å². The van der Waals surface area contributed by atoms with Gasteiger partial charge in [-0.3, -0.25) is 4.72 Å². The fraction of sp³-hybridized carbons (Fsp3) is 0.583. The van der Waals surface area contributed by atoms with Crippen molar-refractivity contribution < 1.29 is 8.42 Å². The Kier molecular flexibility index (Phi) is 4.38. The predicted octanol–water partition coefficient (Wildman–Crippen LogP) is 0.717. The van der Waals surface area contributed by atoms with Gasteiger partial charge in [-0.25, -0.2) is 4.98 Å². The Morgan fingerprint density at radius 3 is 2.68 bits per heavy atom. The number of nitrogens with two attached hydrogens (primary N) is 1. The van der Waals surface area contributed by atoms with E-state index in [9.17, 15) is 8.42 Å². The van der Waals surface area contributed by atoms with Gasteiger partial charge in [0.25, 0.3) is 0 Å². The third-order valence-electron chi connectivity index (χ3n) is 3.37. The molecule has 2 rings (SSSR count). The van der Waals surface area contributed by atoms with Crippen molar-refractivity contribution in [1.82, 2.24) is 9.29 Å². The van der Waals surface area contributed by atoms with Gasteiger partial charge in [0.05, 0.1) is 0 Å². The Bertz CT molecular complexity index is 524. The van der Waals surface area contributed by atoms with Crippen molar-refractivity contribution in [2.24, 2.45) is 11.7 Å². The summed E-state index contributed by atoms with van der Waals surface area (Å²) >= 11 is 0. The molecule has 1 saturated heterocycles. The van der Waals surface area contributed by atoms with Gasteiger partial charge >= 0.3 is 10.2 Å². The SMILES string of the molecule is Cc1cccc(NS(=O)(=O)N2CCC(CN)CC2)n1. The van der Waals surface area contributed by atoms with Gasteiger partial charge in [0, 0.05) is 18.8 Å². The van der Waals surface area contributed by atoms with Crippen molar-refractivity contribution in [1.29, 1.82) is 0 Å². The summed E-state index contributed by atoms with van der Waals surface area (Å²) < 4.78 is 28.4. The molecule has 0 spiro atoms.